The van der Waals surface area contributed by atoms with Crippen LogP contribution in [0, 0.1) is 5.92 Å². The Morgan fingerprint density at radius 1 is 1.30 bits per heavy atom. The minimum absolute atomic E-state index is 0.0830. The van der Waals surface area contributed by atoms with E-state index in [9.17, 15) is 13.2 Å². The summed E-state index contributed by atoms with van der Waals surface area (Å²) in [6, 6.07) is 4.18. The van der Waals surface area contributed by atoms with Crippen molar-refractivity contribution in [3.63, 3.8) is 0 Å². The van der Waals surface area contributed by atoms with E-state index in [1.54, 1.807) is 0 Å². The van der Waals surface area contributed by atoms with Crippen molar-refractivity contribution in [1.29, 1.82) is 0 Å². The van der Waals surface area contributed by atoms with Gasteiger partial charge in [-0.1, -0.05) is 25.4 Å². The van der Waals surface area contributed by atoms with Gasteiger partial charge in [0.25, 0.3) is 0 Å². The summed E-state index contributed by atoms with van der Waals surface area (Å²) in [6.07, 6.45) is 2.46. The third-order valence-electron chi connectivity index (χ3n) is 3.79. The molecule has 5 nitrogen and oxygen atoms in total. The van der Waals surface area contributed by atoms with Crippen molar-refractivity contribution in [3.05, 3.63) is 28.8 Å². The fraction of sp³-hybridized carbons (Fsp3) is 0.562. The van der Waals surface area contributed by atoms with E-state index in [1.807, 2.05) is 13.8 Å². The molecule has 2 rings (SSSR count). The van der Waals surface area contributed by atoms with E-state index < -0.39 is 16.0 Å². The number of carbonyl (C=O) groups is 1. The number of benzene rings is 1. The van der Waals surface area contributed by atoms with Crippen LogP contribution < -0.4 is 0 Å². The molecule has 0 amide bonds. The van der Waals surface area contributed by atoms with Crippen LogP contribution in [0.25, 0.3) is 0 Å². The van der Waals surface area contributed by atoms with E-state index in [0.717, 1.165) is 19.3 Å². The lowest BCUT2D eigenvalue weighted by atomic mass is 10.1. The van der Waals surface area contributed by atoms with Crippen LogP contribution in [-0.2, 0) is 14.8 Å². The number of hydrogen-bond acceptors (Lipinski definition) is 4. The van der Waals surface area contributed by atoms with Gasteiger partial charge in [-0.25, -0.2) is 13.2 Å². The minimum atomic E-state index is -3.58. The van der Waals surface area contributed by atoms with E-state index in [4.69, 9.17) is 16.3 Å². The molecular formula is C16H22ClNO4S. The molecule has 0 aliphatic carbocycles. The van der Waals surface area contributed by atoms with Crippen molar-refractivity contribution < 1.29 is 17.9 Å². The topological polar surface area (TPSA) is 63.7 Å². The van der Waals surface area contributed by atoms with E-state index >= 15 is 0 Å². The smallest absolute Gasteiger partial charge is 0.339 e. The lowest BCUT2D eigenvalue weighted by Gasteiger charge is -2.16. The zero-order valence-electron chi connectivity index (χ0n) is 13.4. The molecule has 0 spiro atoms. The molecule has 0 unspecified atom stereocenters. The normalized spacial score (nSPS) is 16.0. The number of nitrogens with zero attached hydrogens (tertiary/aromatic N) is 1. The second-order valence-electron chi connectivity index (χ2n) is 6.07. The Morgan fingerprint density at radius 2 is 1.96 bits per heavy atom. The van der Waals surface area contributed by atoms with Crippen LogP contribution in [0.15, 0.2) is 23.1 Å². The van der Waals surface area contributed by atoms with Crippen LogP contribution in [0.1, 0.15) is 43.5 Å². The molecule has 1 fully saturated rings. The standard InChI is InChI=1S/C16H22ClNO4S/c1-12(2)7-10-22-16(19)14-11-13(5-6-15(14)17)23(20,21)18-8-3-4-9-18/h5-6,11-12H,3-4,7-10H2,1-2H3. The van der Waals surface area contributed by atoms with Gasteiger partial charge in [-0.3, -0.25) is 0 Å². The summed E-state index contributed by atoms with van der Waals surface area (Å²) in [5.41, 5.74) is 0.0932. The largest absolute Gasteiger partial charge is 0.462 e. The molecular weight excluding hydrogens is 338 g/mol. The lowest BCUT2D eigenvalue weighted by molar-refractivity contribution is 0.0488. The summed E-state index contributed by atoms with van der Waals surface area (Å²) in [7, 11) is -3.58. The lowest BCUT2D eigenvalue weighted by Crippen LogP contribution is -2.28. The van der Waals surface area contributed by atoms with Crippen LogP contribution in [0.3, 0.4) is 0 Å². The van der Waals surface area contributed by atoms with Crippen LogP contribution in [-0.4, -0.2) is 38.4 Å². The molecule has 0 aromatic heterocycles. The summed E-state index contributed by atoms with van der Waals surface area (Å²) in [4.78, 5) is 12.2. The first kappa shape index (κ1) is 18.2. The molecule has 1 heterocycles. The zero-order chi connectivity index (χ0) is 17.0. The van der Waals surface area contributed by atoms with Gasteiger partial charge in [-0.15, -0.1) is 0 Å². The van der Waals surface area contributed by atoms with Crippen molar-refractivity contribution in [1.82, 2.24) is 4.31 Å². The van der Waals surface area contributed by atoms with Gasteiger partial charge in [0.1, 0.15) is 0 Å². The van der Waals surface area contributed by atoms with Gasteiger partial charge in [-0.2, -0.15) is 4.31 Å². The maximum absolute atomic E-state index is 12.6. The summed E-state index contributed by atoms with van der Waals surface area (Å²) in [5, 5.41) is 0.194. The Labute approximate surface area is 142 Å². The SMILES string of the molecule is CC(C)CCOC(=O)c1cc(S(=O)(=O)N2CCCC2)ccc1Cl. The zero-order valence-corrected chi connectivity index (χ0v) is 15.0. The molecule has 0 radical (unpaired) electrons. The Balaban J connectivity index is 2.20. The van der Waals surface area contributed by atoms with Gasteiger partial charge in [0.2, 0.25) is 10.0 Å². The highest BCUT2D eigenvalue weighted by molar-refractivity contribution is 7.89. The molecule has 0 N–H and O–H groups in total. The first-order chi connectivity index (χ1) is 10.8. The Morgan fingerprint density at radius 3 is 2.57 bits per heavy atom. The van der Waals surface area contributed by atoms with Gasteiger partial charge < -0.3 is 4.74 Å². The monoisotopic (exact) mass is 359 g/mol. The van der Waals surface area contributed by atoms with Crippen LogP contribution >= 0.6 is 11.6 Å². The van der Waals surface area contributed by atoms with E-state index in [-0.39, 0.29) is 22.1 Å². The number of sulfonamides is 1. The maximum atomic E-state index is 12.6. The maximum Gasteiger partial charge on any atom is 0.339 e. The molecule has 1 aromatic rings. The Hall–Kier alpha value is -1.11. The third kappa shape index (κ3) is 4.46. The summed E-state index contributed by atoms with van der Waals surface area (Å²) < 4.78 is 31.7. The van der Waals surface area contributed by atoms with Crippen molar-refractivity contribution in [3.8, 4) is 0 Å². The first-order valence-corrected chi connectivity index (χ1v) is 9.61. The van der Waals surface area contributed by atoms with Crippen molar-refractivity contribution in [2.75, 3.05) is 19.7 Å². The molecule has 0 atom stereocenters. The minimum Gasteiger partial charge on any atom is -0.462 e. The third-order valence-corrected chi connectivity index (χ3v) is 6.01. The van der Waals surface area contributed by atoms with Gasteiger partial charge >= 0.3 is 5.97 Å². The van der Waals surface area contributed by atoms with E-state index in [0.29, 0.717) is 19.0 Å². The predicted molar refractivity (Wildman–Crippen MR) is 89.2 cm³/mol. The molecule has 1 aliphatic rings. The van der Waals surface area contributed by atoms with Crippen molar-refractivity contribution in [2.45, 2.75) is 38.0 Å². The van der Waals surface area contributed by atoms with Gasteiger partial charge in [0.05, 0.1) is 22.1 Å². The number of ether oxygens (including phenoxy) is 1. The molecule has 1 aromatic carbocycles. The Bertz CT molecular complexity index is 667. The van der Waals surface area contributed by atoms with Crippen molar-refractivity contribution in [2.24, 2.45) is 5.92 Å². The van der Waals surface area contributed by atoms with Crippen LogP contribution in [0.4, 0.5) is 0 Å². The number of esters is 1. The fourth-order valence-electron chi connectivity index (χ4n) is 2.36. The van der Waals surface area contributed by atoms with Gasteiger partial charge in [-0.05, 0) is 43.4 Å². The quantitative estimate of drug-likeness (QED) is 0.731. The number of halogens is 1. The summed E-state index contributed by atoms with van der Waals surface area (Å²) in [6.45, 7) is 5.38. The number of hydrogen-bond donors (Lipinski definition) is 0. The van der Waals surface area contributed by atoms with E-state index in [1.165, 1.54) is 22.5 Å². The van der Waals surface area contributed by atoms with Crippen molar-refractivity contribution >= 4 is 27.6 Å². The molecule has 23 heavy (non-hydrogen) atoms. The predicted octanol–water partition coefficient (Wildman–Crippen LogP) is 3.33. The van der Waals surface area contributed by atoms with E-state index in [2.05, 4.69) is 0 Å². The average Bonchev–Trinajstić information content (AvgIpc) is 3.01. The highest BCUT2D eigenvalue weighted by atomic mass is 35.5. The Kier molecular flexibility index (Phi) is 6.06. The van der Waals surface area contributed by atoms with Crippen LogP contribution in [0.2, 0.25) is 5.02 Å². The number of carbonyl (C=O) groups excluding carboxylic acids is 1. The molecule has 7 heteroatoms. The highest BCUT2D eigenvalue weighted by Gasteiger charge is 2.28. The summed E-state index contributed by atoms with van der Waals surface area (Å²) in [5.74, 6) is -0.172. The first-order valence-electron chi connectivity index (χ1n) is 7.79. The van der Waals surface area contributed by atoms with Gasteiger partial charge in [0.15, 0.2) is 0 Å². The molecule has 1 aliphatic heterocycles. The molecule has 128 valence electrons. The van der Waals surface area contributed by atoms with Crippen LogP contribution in [0.5, 0.6) is 0 Å². The molecule has 0 bridgehead atoms. The average molecular weight is 360 g/mol. The number of rotatable bonds is 6. The second-order valence-corrected chi connectivity index (χ2v) is 8.42. The highest BCUT2D eigenvalue weighted by Crippen LogP contribution is 2.25. The summed E-state index contributed by atoms with van der Waals surface area (Å²) >= 11 is 6.03. The molecule has 0 saturated carbocycles. The fourth-order valence-corrected chi connectivity index (χ4v) is 4.10. The molecule has 1 saturated heterocycles. The second kappa shape index (κ2) is 7.64. The van der Waals surface area contributed by atoms with Gasteiger partial charge in [0, 0.05) is 13.1 Å².